The lowest BCUT2D eigenvalue weighted by molar-refractivity contribution is -0.133. The van der Waals surface area contributed by atoms with Gasteiger partial charge in [-0.15, -0.1) is 0 Å². The first kappa shape index (κ1) is 15.5. The second-order valence-corrected chi connectivity index (χ2v) is 7.46. The van der Waals surface area contributed by atoms with E-state index in [1.54, 1.807) is 16.8 Å². The minimum atomic E-state index is -0.544. The number of furan rings is 1. The summed E-state index contributed by atoms with van der Waals surface area (Å²) in [7, 11) is 1.90. The van der Waals surface area contributed by atoms with Crippen molar-refractivity contribution in [3.8, 4) is 0 Å². The number of carbonyl (C=O) groups excluding carboxylic acids is 1. The Kier molecular flexibility index (Phi) is 3.23. The molecular formula is C19H19FN4O2. The molecule has 1 amide bonds. The van der Waals surface area contributed by atoms with Gasteiger partial charge in [-0.25, -0.2) is 4.98 Å². The van der Waals surface area contributed by atoms with Gasteiger partial charge in [0.25, 0.3) is 0 Å². The molecule has 3 saturated carbocycles. The standard InChI is InChI=1S/C19H19FN4O2/c1-24-7-5-15(23-24)19-6-4-11(9-19)17(19)18(25)21-10-12-8-13-14(26-12)2-3-16(20)22-13/h2-3,5,7-8,11,17H,4,6,9-10H2,1H3,(H,21,25). The van der Waals surface area contributed by atoms with Crippen LogP contribution in [-0.4, -0.2) is 20.7 Å². The summed E-state index contributed by atoms with van der Waals surface area (Å²) in [4.78, 5) is 16.6. The van der Waals surface area contributed by atoms with E-state index in [0.29, 0.717) is 22.8 Å². The molecule has 3 fully saturated rings. The molecule has 2 bridgehead atoms. The van der Waals surface area contributed by atoms with Gasteiger partial charge in [-0.2, -0.15) is 9.49 Å². The summed E-state index contributed by atoms with van der Waals surface area (Å²) in [6.45, 7) is 0.276. The first-order valence-electron chi connectivity index (χ1n) is 8.88. The van der Waals surface area contributed by atoms with Crippen LogP contribution in [0.1, 0.15) is 30.7 Å². The molecule has 3 aromatic rings. The number of aryl methyl sites for hydroxylation is 1. The van der Waals surface area contributed by atoms with Crippen molar-refractivity contribution in [2.75, 3.05) is 0 Å². The van der Waals surface area contributed by atoms with Crippen molar-refractivity contribution in [1.82, 2.24) is 20.1 Å². The van der Waals surface area contributed by atoms with E-state index in [1.165, 1.54) is 6.07 Å². The summed E-state index contributed by atoms with van der Waals surface area (Å²) in [6.07, 6.45) is 5.06. The second kappa shape index (κ2) is 5.40. The monoisotopic (exact) mass is 354 g/mol. The highest BCUT2D eigenvalue weighted by Gasteiger charge is 2.63. The van der Waals surface area contributed by atoms with Crippen LogP contribution in [0.4, 0.5) is 4.39 Å². The van der Waals surface area contributed by atoms with Gasteiger partial charge < -0.3 is 9.73 Å². The van der Waals surface area contributed by atoms with Crippen molar-refractivity contribution in [3.05, 3.63) is 47.9 Å². The molecule has 3 heterocycles. The summed E-state index contributed by atoms with van der Waals surface area (Å²) in [5.41, 5.74) is 1.89. The zero-order valence-electron chi connectivity index (χ0n) is 14.4. The van der Waals surface area contributed by atoms with Crippen molar-refractivity contribution in [3.63, 3.8) is 0 Å². The van der Waals surface area contributed by atoms with Crippen LogP contribution in [-0.2, 0) is 23.8 Å². The normalized spacial score (nSPS) is 26.8. The maximum Gasteiger partial charge on any atom is 0.224 e. The zero-order valence-corrected chi connectivity index (χ0v) is 14.4. The van der Waals surface area contributed by atoms with Crippen LogP contribution in [0.15, 0.2) is 34.9 Å². The largest absolute Gasteiger partial charge is 0.457 e. The number of nitrogens with zero attached hydrogens (tertiary/aromatic N) is 3. The van der Waals surface area contributed by atoms with Gasteiger partial charge in [-0.05, 0) is 43.4 Å². The highest BCUT2D eigenvalue weighted by molar-refractivity contribution is 5.83. The first-order valence-corrected chi connectivity index (χ1v) is 8.88. The van der Waals surface area contributed by atoms with E-state index in [-0.39, 0.29) is 23.8 Å². The van der Waals surface area contributed by atoms with Crippen LogP contribution in [0.5, 0.6) is 0 Å². The Balaban J connectivity index is 1.32. The summed E-state index contributed by atoms with van der Waals surface area (Å²) >= 11 is 0. The van der Waals surface area contributed by atoms with Crippen molar-refractivity contribution in [2.24, 2.45) is 18.9 Å². The SMILES string of the molecule is Cn1ccc(C23CCC(C2)C3C(=O)NCc2cc3nc(F)ccc3o2)n1. The third-order valence-corrected chi connectivity index (χ3v) is 5.99. The van der Waals surface area contributed by atoms with Crippen LogP contribution in [0.2, 0.25) is 0 Å². The van der Waals surface area contributed by atoms with Gasteiger partial charge in [0, 0.05) is 24.7 Å². The first-order chi connectivity index (χ1) is 12.5. The highest BCUT2D eigenvalue weighted by Crippen LogP contribution is 2.63. The fourth-order valence-corrected chi connectivity index (χ4v) is 4.83. The molecule has 1 N–H and O–H groups in total. The average Bonchev–Trinajstić information content (AvgIpc) is 3.34. The lowest BCUT2D eigenvalue weighted by Crippen LogP contribution is -2.52. The predicted molar refractivity (Wildman–Crippen MR) is 91.5 cm³/mol. The maximum absolute atomic E-state index is 13.2. The molecule has 3 atom stereocenters. The van der Waals surface area contributed by atoms with Crippen molar-refractivity contribution in [1.29, 1.82) is 0 Å². The Bertz CT molecular complexity index is 1010. The number of aromatic nitrogens is 3. The number of carbonyl (C=O) groups is 1. The van der Waals surface area contributed by atoms with Gasteiger partial charge in [0.15, 0.2) is 5.58 Å². The van der Waals surface area contributed by atoms with E-state index in [0.717, 1.165) is 25.0 Å². The van der Waals surface area contributed by atoms with E-state index in [9.17, 15) is 9.18 Å². The fraction of sp³-hybridized carbons (Fsp3) is 0.421. The number of halogens is 1. The van der Waals surface area contributed by atoms with Crippen molar-refractivity contribution in [2.45, 2.75) is 31.2 Å². The van der Waals surface area contributed by atoms with Gasteiger partial charge >= 0.3 is 0 Å². The molecule has 0 aromatic carbocycles. The Morgan fingerprint density at radius 2 is 2.35 bits per heavy atom. The van der Waals surface area contributed by atoms with Gasteiger partial charge in [-0.1, -0.05) is 0 Å². The van der Waals surface area contributed by atoms with Gasteiger partial charge in [0.05, 0.1) is 18.2 Å². The average molecular weight is 354 g/mol. The van der Waals surface area contributed by atoms with Gasteiger partial charge in [0.2, 0.25) is 11.9 Å². The molecule has 6 rings (SSSR count). The number of pyridine rings is 1. The molecule has 26 heavy (non-hydrogen) atoms. The molecule has 0 radical (unpaired) electrons. The fourth-order valence-electron chi connectivity index (χ4n) is 4.83. The van der Waals surface area contributed by atoms with Crippen LogP contribution < -0.4 is 5.32 Å². The second-order valence-electron chi connectivity index (χ2n) is 7.46. The van der Waals surface area contributed by atoms with E-state index >= 15 is 0 Å². The Hall–Kier alpha value is -2.70. The van der Waals surface area contributed by atoms with Crippen LogP contribution in [0.3, 0.4) is 0 Å². The van der Waals surface area contributed by atoms with Crippen LogP contribution in [0, 0.1) is 17.8 Å². The third kappa shape index (κ3) is 2.19. The summed E-state index contributed by atoms with van der Waals surface area (Å²) < 4.78 is 20.6. The molecule has 134 valence electrons. The minimum absolute atomic E-state index is 0.0302. The number of hydrogen-bond donors (Lipinski definition) is 1. The molecule has 7 heteroatoms. The van der Waals surface area contributed by atoms with Crippen molar-refractivity contribution >= 4 is 17.0 Å². The van der Waals surface area contributed by atoms with Crippen LogP contribution >= 0.6 is 0 Å². The smallest absolute Gasteiger partial charge is 0.224 e. The highest BCUT2D eigenvalue weighted by atomic mass is 19.1. The summed E-state index contributed by atoms with van der Waals surface area (Å²) in [5.74, 6) is 0.479. The topological polar surface area (TPSA) is 73.0 Å². The van der Waals surface area contributed by atoms with E-state index in [4.69, 9.17) is 4.42 Å². The zero-order chi connectivity index (χ0) is 17.9. The molecule has 0 aliphatic heterocycles. The number of rotatable bonds is 4. The summed E-state index contributed by atoms with van der Waals surface area (Å²) in [6, 6.07) is 6.51. The van der Waals surface area contributed by atoms with Gasteiger partial charge in [-0.3, -0.25) is 9.48 Å². The Morgan fingerprint density at radius 3 is 3.12 bits per heavy atom. The molecular weight excluding hydrogens is 335 g/mol. The van der Waals surface area contributed by atoms with Crippen LogP contribution in [0.25, 0.3) is 11.1 Å². The number of fused-ring (bicyclic) bond motifs is 2. The number of hydrogen-bond acceptors (Lipinski definition) is 4. The minimum Gasteiger partial charge on any atom is -0.457 e. The van der Waals surface area contributed by atoms with E-state index in [2.05, 4.69) is 15.4 Å². The molecule has 3 aromatic heterocycles. The Morgan fingerprint density at radius 1 is 1.46 bits per heavy atom. The van der Waals surface area contributed by atoms with E-state index < -0.39 is 5.95 Å². The molecule has 0 spiro atoms. The molecule has 0 saturated heterocycles. The molecule has 6 nitrogen and oxygen atoms in total. The lowest BCUT2D eigenvalue weighted by Gasteiger charge is -2.45. The Labute approximate surface area is 149 Å². The summed E-state index contributed by atoms with van der Waals surface area (Å²) in [5, 5.41) is 7.55. The molecule has 3 unspecified atom stereocenters. The lowest BCUT2D eigenvalue weighted by atomic mass is 9.58. The van der Waals surface area contributed by atoms with Gasteiger partial charge in [0.1, 0.15) is 11.3 Å². The molecule has 3 aliphatic rings. The number of nitrogens with one attached hydrogen (secondary N) is 1. The van der Waals surface area contributed by atoms with Crippen molar-refractivity contribution < 1.29 is 13.6 Å². The predicted octanol–water partition coefficient (Wildman–Crippen LogP) is 2.68. The maximum atomic E-state index is 13.2. The molecule has 3 aliphatic carbocycles. The number of amides is 1. The quantitative estimate of drug-likeness (QED) is 0.731. The third-order valence-electron chi connectivity index (χ3n) is 5.99. The van der Waals surface area contributed by atoms with E-state index in [1.807, 2.05) is 19.3 Å².